The summed E-state index contributed by atoms with van der Waals surface area (Å²) in [6, 6.07) is 12.8. The number of rotatable bonds is 2. The van der Waals surface area contributed by atoms with E-state index in [1.807, 2.05) is 31.2 Å². The van der Waals surface area contributed by atoms with Crippen molar-refractivity contribution in [2.45, 2.75) is 13.0 Å². The van der Waals surface area contributed by atoms with E-state index in [0.29, 0.717) is 27.0 Å². The Kier molecular flexibility index (Phi) is 3.47. The van der Waals surface area contributed by atoms with Gasteiger partial charge in [-0.25, -0.2) is 0 Å². The number of fused-ring (bicyclic) bond motifs is 1. The summed E-state index contributed by atoms with van der Waals surface area (Å²) in [5.74, 6) is 0.431. The summed E-state index contributed by atoms with van der Waals surface area (Å²) in [7, 11) is 0. The summed E-state index contributed by atoms with van der Waals surface area (Å²) in [4.78, 5) is 0. The summed E-state index contributed by atoms with van der Waals surface area (Å²) < 4.78 is 5.67. The lowest BCUT2D eigenvalue weighted by Gasteiger charge is -2.11. The van der Waals surface area contributed by atoms with Gasteiger partial charge in [0.2, 0.25) is 0 Å². The maximum absolute atomic E-state index is 10.5. The Morgan fingerprint density at radius 3 is 2.60 bits per heavy atom. The molecule has 1 unspecified atom stereocenters. The predicted molar refractivity (Wildman–Crippen MR) is 81.5 cm³/mol. The Bertz CT molecular complexity index is 777. The molecule has 0 saturated heterocycles. The standard InChI is InChI=1S/C16H12Cl2O2/c1-9-4-2-6-11(14(9)18)15(19)13-8-10-5-3-7-12(17)16(10)20-13/h2-8,15,19H,1H3. The van der Waals surface area contributed by atoms with Gasteiger partial charge in [0.1, 0.15) is 11.9 Å². The van der Waals surface area contributed by atoms with Crippen molar-refractivity contribution < 1.29 is 9.52 Å². The molecule has 2 nitrogen and oxygen atoms in total. The zero-order valence-electron chi connectivity index (χ0n) is 10.7. The number of furan rings is 1. The number of hydrogen-bond acceptors (Lipinski definition) is 2. The van der Waals surface area contributed by atoms with Gasteiger partial charge in [-0.05, 0) is 24.6 Å². The SMILES string of the molecule is Cc1cccc(C(O)c2cc3cccc(Cl)c3o2)c1Cl. The minimum Gasteiger partial charge on any atom is -0.456 e. The molecule has 3 aromatic rings. The monoisotopic (exact) mass is 306 g/mol. The molecule has 0 amide bonds. The molecule has 1 N–H and O–H groups in total. The first-order valence-electron chi connectivity index (χ1n) is 6.19. The highest BCUT2D eigenvalue weighted by molar-refractivity contribution is 6.34. The van der Waals surface area contributed by atoms with Crippen molar-refractivity contribution in [1.82, 2.24) is 0 Å². The van der Waals surface area contributed by atoms with Gasteiger partial charge in [-0.15, -0.1) is 0 Å². The van der Waals surface area contributed by atoms with E-state index in [4.69, 9.17) is 27.6 Å². The lowest BCUT2D eigenvalue weighted by Crippen LogP contribution is -1.99. The van der Waals surface area contributed by atoms with E-state index in [-0.39, 0.29) is 0 Å². The van der Waals surface area contributed by atoms with E-state index >= 15 is 0 Å². The molecule has 0 bridgehead atoms. The van der Waals surface area contributed by atoms with Gasteiger partial charge in [0.15, 0.2) is 5.58 Å². The minimum atomic E-state index is -0.911. The molecule has 1 heterocycles. The molecule has 0 saturated carbocycles. The van der Waals surface area contributed by atoms with E-state index < -0.39 is 6.10 Å². The number of aryl methyl sites for hydroxylation is 1. The van der Waals surface area contributed by atoms with Crippen molar-refractivity contribution in [2.75, 3.05) is 0 Å². The van der Waals surface area contributed by atoms with Crippen LogP contribution in [-0.2, 0) is 0 Å². The lowest BCUT2D eigenvalue weighted by molar-refractivity contribution is 0.192. The molecule has 2 aromatic carbocycles. The van der Waals surface area contributed by atoms with Crippen molar-refractivity contribution in [3.8, 4) is 0 Å². The minimum absolute atomic E-state index is 0.431. The second-order valence-electron chi connectivity index (χ2n) is 4.69. The highest BCUT2D eigenvalue weighted by Crippen LogP contribution is 2.35. The Balaban J connectivity index is 2.10. The fraction of sp³-hybridized carbons (Fsp3) is 0.125. The van der Waals surface area contributed by atoms with Crippen molar-refractivity contribution in [3.63, 3.8) is 0 Å². The molecule has 0 fully saturated rings. The van der Waals surface area contributed by atoms with Gasteiger partial charge >= 0.3 is 0 Å². The van der Waals surface area contributed by atoms with E-state index in [2.05, 4.69) is 0 Å². The van der Waals surface area contributed by atoms with Crippen LogP contribution < -0.4 is 0 Å². The summed E-state index contributed by atoms with van der Waals surface area (Å²) in [5.41, 5.74) is 2.12. The molecule has 0 aliphatic heterocycles. The van der Waals surface area contributed by atoms with Crippen LogP contribution in [0.4, 0.5) is 0 Å². The van der Waals surface area contributed by atoms with Gasteiger partial charge in [0, 0.05) is 16.0 Å². The second-order valence-corrected chi connectivity index (χ2v) is 5.47. The molecule has 0 spiro atoms. The highest BCUT2D eigenvalue weighted by Gasteiger charge is 2.19. The molecule has 3 rings (SSSR count). The molecular weight excluding hydrogens is 295 g/mol. The van der Waals surface area contributed by atoms with Crippen LogP contribution in [0.2, 0.25) is 10.0 Å². The van der Waals surface area contributed by atoms with Crippen LogP contribution in [0, 0.1) is 6.92 Å². The van der Waals surface area contributed by atoms with Crippen LogP contribution in [0.3, 0.4) is 0 Å². The largest absolute Gasteiger partial charge is 0.456 e. The maximum atomic E-state index is 10.5. The number of halogens is 2. The van der Waals surface area contributed by atoms with E-state index in [0.717, 1.165) is 10.9 Å². The zero-order valence-corrected chi connectivity index (χ0v) is 12.2. The Labute approximate surface area is 126 Å². The lowest BCUT2D eigenvalue weighted by atomic mass is 10.0. The Hall–Kier alpha value is -1.48. The first kappa shape index (κ1) is 13.5. The average Bonchev–Trinajstić information content (AvgIpc) is 2.87. The number of para-hydroxylation sites is 1. The van der Waals surface area contributed by atoms with E-state index in [1.54, 1.807) is 18.2 Å². The molecule has 20 heavy (non-hydrogen) atoms. The second kappa shape index (κ2) is 5.13. The topological polar surface area (TPSA) is 33.4 Å². The van der Waals surface area contributed by atoms with Gasteiger partial charge in [-0.3, -0.25) is 0 Å². The van der Waals surface area contributed by atoms with E-state index in [9.17, 15) is 5.11 Å². The number of aliphatic hydroxyl groups excluding tert-OH is 1. The van der Waals surface area contributed by atoms with Gasteiger partial charge in [0.25, 0.3) is 0 Å². The van der Waals surface area contributed by atoms with Crippen LogP contribution in [-0.4, -0.2) is 5.11 Å². The van der Waals surface area contributed by atoms with Crippen LogP contribution >= 0.6 is 23.2 Å². The number of benzene rings is 2. The van der Waals surface area contributed by atoms with Crippen LogP contribution in [0.5, 0.6) is 0 Å². The van der Waals surface area contributed by atoms with Crippen molar-refractivity contribution in [3.05, 3.63) is 69.4 Å². The molecule has 0 aliphatic carbocycles. The first-order valence-corrected chi connectivity index (χ1v) is 6.94. The summed E-state index contributed by atoms with van der Waals surface area (Å²) >= 11 is 12.3. The molecule has 1 atom stereocenters. The summed E-state index contributed by atoms with van der Waals surface area (Å²) in [6.45, 7) is 1.90. The van der Waals surface area contributed by atoms with Crippen LogP contribution in [0.25, 0.3) is 11.0 Å². The smallest absolute Gasteiger partial charge is 0.153 e. The molecule has 0 aliphatic rings. The third kappa shape index (κ3) is 2.20. The average molecular weight is 307 g/mol. The third-order valence-electron chi connectivity index (χ3n) is 3.30. The van der Waals surface area contributed by atoms with Gasteiger partial charge in [0.05, 0.1) is 5.02 Å². The normalized spacial score (nSPS) is 12.8. The Morgan fingerprint density at radius 2 is 1.85 bits per heavy atom. The predicted octanol–water partition coefficient (Wildman–Crippen LogP) is 5.13. The maximum Gasteiger partial charge on any atom is 0.153 e. The van der Waals surface area contributed by atoms with Crippen molar-refractivity contribution in [2.24, 2.45) is 0 Å². The van der Waals surface area contributed by atoms with Crippen molar-refractivity contribution >= 4 is 34.2 Å². The summed E-state index contributed by atoms with van der Waals surface area (Å²) in [5, 5.41) is 12.4. The fourth-order valence-corrected chi connectivity index (χ4v) is 2.67. The van der Waals surface area contributed by atoms with Crippen LogP contribution in [0.1, 0.15) is 23.0 Å². The third-order valence-corrected chi connectivity index (χ3v) is 4.11. The number of aliphatic hydroxyl groups is 1. The molecule has 102 valence electrons. The number of hydrogen-bond donors (Lipinski definition) is 1. The van der Waals surface area contributed by atoms with Gasteiger partial charge in [-0.2, -0.15) is 0 Å². The van der Waals surface area contributed by atoms with Gasteiger partial charge < -0.3 is 9.52 Å². The van der Waals surface area contributed by atoms with E-state index in [1.165, 1.54) is 0 Å². The highest BCUT2D eigenvalue weighted by atomic mass is 35.5. The first-order chi connectivity index (χ1) is 9.58. The molecule has 0 radical (unpaired) electrons. The van der Waals surface area contributed by atoms with Gasteiger partial charge in [-0.1, -0.05) is 53.5 Å². The fourth-order valence-electron chi connectivity index (χ4n) is 2.22. The Morgan fingerprint density at radius 1 is 1.10 bits per heavy atom. The molecule has 1 aromatic heterocycles. The zero-order chi connectivity index (χ0) is 14.3. The summed E-state index contributed by atoms with van der Waals surface area (Å²) in [6.07, 6.45) is -0.911. The molecule has 4 heteroatoms. The van der Waals surface area contributed by atoms with Crippen molar-refractivity contribution in [1.29, 1.82) is 0 Å². The quantitative estimate of drug-likeness (QED) is 0.712. The van der Waals surface area contributed by atoms with Crippen LogP contribution in [0.15, 0.2) is 46.9 Å². The molecular formula is C16H12Cl2O2.